The second kappa shape index (κ2) is 4.37. The van der Waals surface area contributed by atoms with Crippen molar-refractivity contribution in [3.8, 4) is 0 Å². The Morgan fingerprint density at radius 2 is 1.67 bits per heavy atom. The monoisotopic (exact) mass is 282 g/mol. The number of hydrogen-bond acceptors (Lipinski definition) is 3. The molecule has 0 atom stereocenters. The summed E-state index contributed by atoms with van der Waals surface area (Å²) in [6, 6.07) is 6.79. The van der Waals surface area contributed by atoms with Crippen LogP contribution in [0.5, 0.6) is 0 Å². The van der Waals surface area contributed by atoms with Gasteiger partial charge in [0.05, 0.1) is 4.90 Å². The van der Waals surface area contributed by atoms with E-state index in [2.05, 4.69) is 0 Å². The summed E-state index contributed by atoms with van der Waals surface area (Å²) in [5.41, 5.74) is 1.02. The zero-order chi connectivity index (χ0) is 13.5. The third-order valence-electron chi connectivity index (χ3n) is 2.83. The lowest BCUT2D eigenvalue weighted by atomic mass is 10.2. The van der Waals surface area contributed by atoms with Gasteiger partial charge in [0.1, 0.15) is 0 Å². The van der Waals surface area contributed by atoms with Crippen molar-refractivity contribution in [1.82, 2.24) is 9.13 Å². The summed E-state index contributed by atoms with van der Waals surface area (Å²) in [5.74, 6) is 0. The van der Waals surface area contributed by atoms with E-state index < -0.39 is 9.84 Å². The fraction of sp³-hybridized carbons (Fsp3) is 0.250. The molecule has 0 fully saturated rings. The van der Waals surface area contributed by atoms with Gasteiger partial charge in [-0.2, -0.15) is 0 Å². The quantitative estimate of drug-likeness (QED) is 0.793. The van der Waals surface area contributed by atoms with Gasteiger partial charge in [0.2, 0.25) is 9.84 Å². The highest BCUT2D eigenvalue weighted by Gasteiger charge is 2.22. The first-order chi connectivity index (χ1) is 8.34. The van der Waals surface area contributed by atoms with Gasteiger partial charge in [0.15, 0.2) is 9.80 Å². The Kier molecular flexibility index (Phi) is 3.16. The van der Waals surface area contributed by atoms with Crippen molar-refractivity contribution in [2.45, 2.75) is 16.8 Å². The van der Waals surface area contributed by atoms with E-state index in [0.717, 1.165) is 5.56 Å². The van der Waals surface area contributed by atoms with Crippen molar-refractivity contribution >= 4 is 22.1 Å². The van der Waals surface area contributed by atoms with Crippen molar-refractivity contribution in [1.29, 1.82) is 0 Å². The molecule has 0 saturated carbocycles. The van der Waals surface area contributed by atoms with Gasteiger partial charge in [-0.15, -0.1) is 0 Å². The predicted octanol–water partition coefficient (Wildman–Crippen LogP) is 2.23. The van der Waals surface area contributed by atoms with E-state index in [1.807, 2.05) is 6.92 Å². The number of rotatable bonds is 2. The van der Waals surface area contributed by atoms with Crippen LogP contribution in [0.3, 0.4) is 0 Å². The molecule has 2 aromatic rings. The maximum atomic E-state index is 12.5. The molecule has 0 amide bonds. The Balaban J connectivity index is 2.65. The number of hydrogen-bond donors (Lipinski definition) is 0. The highest BCUT2D eigenvalue weighted by molar-refractivity contribution is 7.91. The fourth-order valence-corrected chi connectivity index (χ4v) is 3.41. The maximum absolute atomic E-state index is 12.5. The SMILES string of the molecule is Cc1ccc(S(=O)(=O)c2cn(C)c(=S)n2C)cc1. The summed E-state index contributed by atoms with van der Waals surface area (Å²) in [5, 5.41) is 0.207. The second-order valence-corrected chi connectivity index (χ2v) is 6.50. The summed E-state index contributed by atoms with van der Waals surface area (Å²) in [6.45, 7) is 1.92. The van der Waals surface area contributed by atoms with E-state index in [1.54, 1.807) is 42.9 Å². The Morgan fingerprint density at radius 1 is 1.11 bits per heavy atom. The molecule has 0 saturated heterocycles. The third-order valence-corrected chi connectivity index (χ3v) is 5.21. The lowest BCUT2D eigenvalue weighted by molar-refractivity contribution is 0.585. The van der Waals surface area contributed by atoms with Crippen LogP contribution in [0.2, 0.25) is 0 Å². The molecule has 1 heterocycles. The molecule has 0 radical (unpaired) electrons. The van der Waals surface area contributed by atoms with Crippen LogP contribution < -0.4 is 0 Å². The molecule has 18 heavy (non-hydrogen) atoms. The van der Waals surface area contributed by atoms with Crippen LogP contribution in [-0.2, 0) is 23.9 Å². The normalized spacial score (nSPS) is 11.7. The number of aryl methyl sites for hydroxylation is 2. The molecule has 0 N–H and O–H groups in total. The Labute approximate surface area is 111 Å². The average Bonchev–Trinajstić information content (AvgIpc) is 2.58. The lowest BCUT2D eigenvalue weighted by Crippen LogP contribution is -2.07. The van der Waals surface area contributed by atoms with Crippen molar-refractivity contribution in [2.75, 3.05) is 0 Å². The van der Waals surface area contributed by atoms with Gasteiger partial charge in [-0.1, -0.05) is 17.7 Å². The minimum absolute atomic E-state index is 0.207. The summed E-state index contributed by atoms with van der Waals surface area (Å²) in [4.78, 5) is 0.282. The van der Waals surface area contributed by atoms with Crippen LogP contribution in [0, 0.1) is 11.7 Å². The van der Waals surface area contributed by atoms with Crippen LogP contribution in [-0.4, -0.2) is 17.6 Å². The first-order valence-electron chi connectivity index (χ1n) is 5.38. The van der Waals surface area contributed by atoms with Crippen LogP contribution in [0.15, 0.2) is 40.4 Å². The number of nitrogens with zero attached hydrogens (tertiary/aromatic N) is 2. The topological polar surface area (TPSA) is 44.0 Å². The molecule has 0 bridgehead atoms. The summed E-state index contributed by atoms with van der Waals surface area (Å²) in [7, 11) is -0.124. The average molecular weight is 282 g/mol. The molecule has 1 aromatic heterocycles. The number of imidazole rings is 1. The zero-order valence-corrected chi connectivity index (χ0v) is 12.0. The van der Waals surface area contributed by atoms with Gasteiger partial charge < -0.3 is 9.13 Å². The van der Waals surface area contributed by atoms with Crippen molar-refractivity contribution in [2.24, 2.45) is 14.1 Å². The largest absolute Gasteiger partial charge is 0.325 e. The summed E-state index contributed by atoms with van der Waals surface area (Å²) in [6.07, 6.45) is 1.54. The first kappa shape index (κ1) is 13.0. The zero-order valence-electron chi connectivity index (χ0n) is 10.4. The highest BCUT2D eigenvalue weighted by atomic mass is 32.2. The van der Waals surface area contributed by atoms with Crippen molar-refractivity contribution in [3.05, 3.63) is 40.8 Å². The highest BCUT2D eigenvalue weighted by Crippen LogP contribution is 2.21. The van der Waals surface area contributed by atoms with Crippen LogP contribution in [0.25, 0.3) is 0 Å². The van der Waals surface area contributed by atoms with Crippen LogP contribution in [0.4, 0.5) is 0 Å². The minimum Gasteiger partial charge on any atom is -0.325 e. The predicted molar refractivity (Wildman–Crippen MR) is 71.8 cm³/mol. The van der Waals surface area contributed by atoms with Gasteiger partial charge in [0.25, 0.3) is 0 Å². The number of benzene rings is 1. The number of aromatic nitrogens is 2. The molecule has 0 unspecified atom stereocenters. The fourth-order valence-electron chi connectivity index (χ4n) is 1.73. The molecule has 6 heteroatoms. The van der Waals surface area contributed by atoms with E-state index >= 15 is 0 Å². The van der Waals surface area contributed by atoms with Gasteiger partial charge >= 0.3 is 0 Å². The molecular weight excluding hydrogens is 268 g/mol. The summed E-state index contributed by atoms with van der Waals surface area (Å²) < 4.78 is 28.5. The van der Waals surface area contributed by atoms with Crippen molar-refractivity contribution < 1.29 is 8.42 Å². The molecule has 2 rings (SSSR count). The molecule has 1 aromatic carbocycles. The first-order valence-corrected chi connectivity index (χ1v) is 7.27. The second-order valence-electron chi connectivity index (χ2n) is 4.24. The lowest BCUT2D eigenvalue weighted by Gasteiger charge is -2.05. The van der Waals surface area contributed by atoms with Crippen LogP contribution >= 0.6 is 12.2 Å². The molecule has 0 aliphatic rings. The molecular formula is C12H14N2O2S2. The van der Waals surface area contributed by atoms with E-state index in [4.69, 9.17) is 12.2 Å². The smallest absolute Gasteiger partial charge is 0.223 e. The molecule has 0 aliphatic heterocycles. The van der Waals surface area contributed by atoms with E-state index in [9.17, 15) is 8.42 Å². The van der Waals surface area contributed by atoms with Gasteiger partial charge in [-0.3, -0.25) is 0 Å². The van der Waals surface area contributed by atoms with E-state index in [0.29, 0.717) is 4.77 Å². The van der Waals surface area contributed by atoms with Gasteiger partial charge in [0, 0.05) is 20.3 Å². The maximum Gasteiger partial charge on any atom is 0.223 e. The standard InChI is InChI=1S/C12H14N2O2S2/c1-9-4-6-10(7-5-9)18(15,16)11-8-13(2)12(17)14(11)3/h4-8H,1-3H3. The van der Waals surface area contributed by atoms with E-state index in [-0.39, 0.29) is 9.92 Å². The molecule has 0 spiro atoms. The molecule has 4 nitrogen and oxygen atoms in total. The Hall–Kier alpha value is -1.40. The Bertz CT molecular complexity index is 737. The van der Waals surface area contributed by atoms with Crippen molar-refractivity contribution in [3.63, 3.8) is 0 Å². The summed E-state index contributed by atoms with van der Waals surface area (Å²) >= 11 is 5.12. The van der Waals surface area contributed by atoms with Gasteiger partial charge in [-0.05, 0) is 31.3 Å². The third kappa shape index (κ3) is 2.02. The number of sulfone groups is 1. The van der Waals surface area contributed by atoms with Gasteiger partial charge in [-0.25, -0.2) is 8.42 Å². The Morgan fingerprint density at radius 3 is 2.11 bits per heavy atom. The van der Waals surface area contributed by atoms with Crippen LogP contribution in [0.1, 0.15) is 5.56 Å². The molecule has 0 aliphatic carbocycles. The van der Waals surface area contributed by atoms with E-state index in [1.165, 1.54) is 10.8 Å². The molecule has 96 valence electrons. The minimum atomic E-state index is -3.51.